The molecule has 0 bridgehead atoms. The molecule has 0 amide bonds. The fraction of sp³-hybridized carbons (Fsp3) is 0.458. The van der Waals surface area contributed by atoms with Crippen molar-refractivity contribution >= 4 is 29.8 Å². The molecule has 0 N–H and O–H groups in total. The summed E-state index contributed by atoms with van der Waals surface area (Å²) in [6, 6.07) is 10.2. The van der Waals surface area contributed by atoms with Crippen molar-refractivity contribution in [2.75, 3.05) is 21.1 Å². The first-order valence-electron chi connectivity index (χ1n) is 9.85. The van der Waals surface area contributed by atoms with Crippen LogP contribution in [0.4, 0.5) is 0 Å². The number of nitrogens with zero attached hydrogens (tertiary/aromatic N) is 1. The second-order valence-electron chi connectivity index (χ2n) is 5.28. The van der Waals surface area contributed by atoms with Gasteiger partial charge in [-0.1, -0.05) is 78.0 Å². The van der Waals surface area contributed by atoms with E-state index in [0.717, 1.165) is 21.6 Å². The summed E-state index contributed by atoms with van der Waals surface area (Å²) in [6.07, 6.45) is 5.09. The van der Waals surface area contributed by atoms with Gasteiger partial charge < -0.3 is 4.90 Å². The van der Waals surface area contributed by atoms with E-state index in [9.17, 15) is 4.79 Å². The molecule has 0 radical (unpaired) electrons. The summed E-state index contributed by atoms with van der Waals surface area (Å²) in [7, 11) is 6.00. The van der Waals surface area contributed by atoms with Gasteiger partial charge in [-0.2, -0.15) is 0 Å². The van der Waals surface area contributed by atoms with Crippen molar-refractivity contribution in [1.82, 2.24) is 4.90 Å². The highest BCUT2D eigenvalue weighted by molar-refractivity contribution is 7.15. The quantitative estimate of drug-likeness (QED) is 0.502. The fourth-order valence-corrected chi connectivity index (χ4v) is 2.68. The van der Waals surface area contributed by atoms with Crippen molar-refractivity contribution in [3.05, 3.63) is 56.8 Å². The highest BCUT2D eigenvalue weighted by Crippen LogP contribution is 2.27. The third-order valence-electron chi connectivity index (χ3n) is 2.86. The maximum absolute atomic E-state index is 10.9. The van der Waals surface area contributed by atoms with Crippen molar-refractivity contribution in [2.24, 2.45) is 0 Å². The van der Waals surface area contributed by atoms with Crippen LogP contribution < -0.4 is 0 Å². The average molecular weight is 392 g/mol. The fourth-order valence-electron chi connectivity index (χ4n) is 1.65. The molecule has 2 rings (SSSR count). The van der Waals surface area contributed by atoms with Crippen LogP contribution >= 0.6 is 11.3 Å². The molecule has 3 heteroatoms. The number of rotatable bonds is 3. The number of hydrogen-bond acceptors (Lipinski definition) is 3. The Labute approximate surface area is 172 Å². The van der Waals surface area contributed by atoms with Gasteiger partial charge in [0.2, 0.25) is 0 Å². The minimum Gasteiger partial charge on any atom is -0.312 e. The van der Waals surface area contributed by atoms with Crippen LogP contribution in [-0.2, 0) is 0 Å². The molecular formula is C24H41NOS. The molecule has 1 heterocycles. The Hall–Kier alpha value is -1.71. The monoisotopic (exact) mass is 391 g/mol. The van der Waals surface area contributed by atoms with Gasteiger partial charge in [0, 0.05) is 4.88 Å². The van der Waals surface area contributed by atoms with E-state index < -0.39 is 0 Å². The first-order valence-corrected chi connectivity index (χ1v) is 10.7. The molecule has 0 unspecified atom stereocenters. The zero-order valence-electron chi connectivity index (χ0n) is 19.4. The van der Waals surface area contributed by atoms with Gasteiger partial charge in [-0.05, 0) is 57.8 Å². The van der Waals surface area contributed by atoms with E-state index in [0.29, 0.717) is 0 Å². The van der Waals surface area contributed by atoms with E-state index in [1.165, 1.54) is 11.1 Å². The number of thiophene rings is 1. The molecule has 0 saturated carbocycles. The van der Waals surface area contributed by atoms with Crippen molar-refractivity contribution in [2.45, 2.75) is 55.4 Å². The standard InChI is InChI=1S/C15H14OS.C3H9N.3C2H6/c1-11-12(2)15(10-16)17-14(11)9-8-13-6-4-3-5-7-13;1-4(2)3;3*1-2/h3-10H,1-2H3;1-3H3;3*1-2H3/b9-8+;;;;. The van der Waals surface area contributed by atoms with Crippen molar-refractivity contribution in [1.29, 1.82) is 0 Å². The number of hydrogen-bond donors (Lipinski definition) is 0. The van der Waals surface area contributed by atoms with Crippen molar-refractivity contribution in [3.63, 3.8) is 0 Å². The van der Waals surface area contributed by atoms with Crippen molar-refractivity contribution in [3.8, 4) is 0 Å². The molecule has 2 aromatic rings. The lowest BCUT2D eigenvalue weighted by atomic mass is 10.1. The molecule has 0 spiro atoms. The second kappa shape index (κ2) is 20.6. The average Bonchev–Trinajstić information content (AvgIpc) is 2.99. The number of carbonyl (C=O) groups is 1. The van der Waals surface area contributed by atoms with Crippen LogP contribution in [0.25, 0.3) is 12.2 Å². The van der Waals surface area contributed by atoms with E-state index in [1.807, 2.05) is 92.7 Å². The molecule has 2 nitrogen and oxygen atoms in total. The third kappa shape index (κ3) is 14.1. The molecule has 0 aliphatic carbocycles. The Morgan fingerprint density at radius 3 is 1.52 bits per heavy atom. The van der Waals surface area contributed by atoms with Crippen LogP contribution in [0.5, 0.6) is 0 Å². The van der Waals surface area contributed by atoms with Gasteiger partial charge in [-0.3, -0.25) is 4.79 Å². The summed E-state index contributed by atoms with van der Waals surface area (Å²) in [6.45, 7) is 16.1. The lowest BCUT2D eigenvalue weighted by molar-refractivity contribution is 0.112. The molecule has 1 aromatic carbocycles. The Morgan fingerprint density at radius 1 is 0.741 bits per heavy atom. The van der Waals surface area contributed by atoms with Gasteiger partial charge in [0.1, 0.15) is 0 Å². The van der Waals surface area contributed by atoms with Gasteiger partial charge in [-0.25, -0.2) is 0 Å². The highest BCUT2D eigenvalue weighted by Gasteiger charge is 2.08. The Balaban J connectivity index is -0.000000492. The van der Waals surface area contributed by atoms with E-state index in [-0.39, 0.29) is 0 Å². The van der Waals surface area contributed by atoms with Gasteiger partial charge in [-0.15, -0.1) is 11.3 Å². The van der Waals surface area contributed by atoms with Gasteiger partial charge in [0.25, 0.3) is 0 Å². The minimum atomic E-state index is 0.829. The summed E-state index contributed by atoms with van der Waals surface area (Å²) >= 11 is 1.55. The lowest BCUT2D eigenvalue weighted by Crippen LogP contribution is -1.99. The maximum Gasteiger partial charge on any atom is 0.160 e. The van der Waals surface area contributed by atoms with Gasteiger partial charge in [0.15, 0.2) is 6.29 Å². The highest BCUT2D eigenvalue weighted by atomic mass is 32.1. The summed E-state index contributed by atoms with van der Waals surface area (Å²) in [5, 5.41) is 0. The molecule has 27 heavy (non-hydrogen) atoms. The van der Waals surface area contributed by atoms with E-state index in [2.05, 4.69) is 31.2 Å². The van der Waals surface area contributed by atoms with Crippen molar-refractivity contribution < 1.29 is 4.79 Å². The number of benzene rings is 1. The van der Waals surface area contributed by atoms with E-state index >= 15 is 0 Å². The van der Waals surface area contributed by atoms with Crippen LogP contribution in [0, 0.1) is 13.8 Å². The van der Waals surface area contributed by atoms with Crippen LogP contribution in [-0.4, -0.2) is 32.3 Å². The van der Waals surface area contributed by atoms with Gasteiger partial charge >= 0.3 is 0 Å². The molecule has 0 saturated heterocycles. The predicted molar refractivity (Wildman–Crippen MR) is 128 cm³/mol. The minimum absolute atomic E-state index is 0.829. The topological polar surface area (TPSA) is 20.3 Å². The number of aldehydes is 1. The molecule has 0 atom stereocenters. The molecule has 0 aliphatic heterocycles. The van der Waals surface area contributed by atoms with Gasteiger partial charge in [0.05, 0.1) is 4.88 Å². The smallest absolute Gasteiger partial charge is 0.160 e. The Bertz CT molecular complexity index is 596. The first-order chi connectivity index (χ1) is 13.0. The summed E-state index contributed by atoms with van der Waals surface area (Å²) in [5.74, 6) is 0. The summed E-state index contributed by atoms with van der Waals surface area (Å²) in [5.41, 5.74) is 3.47. The Morgan fingerprint density at radius 2 is 1.15 bits per heavy atom. The SMILES string of the molecule is CC.CC.CC.CN(C)C.Cc1c(C=O)sc(/C=C/c2ccccc2)c1C. The van der Waals surface area contributed by atoms with E-state index in [4.69, 9.17) is 0 Å². The lowest BCUT2D eigenvalue weighted by Gasteiger charge is -1.93. The molecular weight excluding hydrogens is 350 g/mol. The number of carbonyl (C=O) groups excluding carboxylic acids is 1. The van der Waals surface area contributed by atoms with E-state index in [1.54, 1.807) is 11.3 Å². The van der Waals surface area contributed by atoms with Crippen LogP contribution in [0.2, 0.25) is 0 Å². The molecule has 0 fully saturated rings. The third-order valence-corrected chi connectivity index (χ3v) is 4.14. The van der Waals surface area contributed by atoms with Crippen LogP contribution in [0.1, 0.15) is 72.8 Å². The molecule has 1 aromatic heterocycles. The summed E-state index contributed by atoms with van der Waals surface area (Å²) < 4.78 is 0. The maximum atomic E-state index is 10.9. The zero-order valence-corrected chi connectivity index (χ0v) is 20.2. The van der Waals surface area contributed by atoms with Crippen LogP contribution in [0.15, 0.2) is 30.3 Å². The zero-order chi connectivity index (χ0) is 21.8. The first kappa shape index (κ1) is 30.0. The normalized spacial score (nSPS) is 8.89. The summed E-state index contributed by atoms with van der Waals surface area (Å²) in [4.78, 5) is 14.8. The molecule has 0 aliphatic rings. The largest absolute Gasteiger partial charge is 0.312 e. The predicted octanol–water partition coefficient (Wildman–Crippen LogP) is 7.60. The van der Waals surface area contributed by atoms with Crippen LogP contribution in [0.3, 0.4) is 0 Å². The second-order valence-corrected chi connectivity index (χ2v) is 6.37. The Kier molecular flexibility index (Phi) is 22.9. The molecule has 154 valence electrons.